The standard InChI is InChI=1S/C17H15N2O2S/c1-12-7-8-17(13(2)9-12)22(20,21)19-16-11-18-10-14-5-3-4-6-15(14)16/h3-9,11,19H,1-2H3. The number of benzene rings is 2. The van der Waals surface area contributed by atoms with Crippen LogP contribution in [0.15, 0.2) is 53.6 Å². The number of nitrogens with zero attached hydrogens (tertiary/aromatic N) is 1. The summed E-state index contributed by atoms with van der Waals surface area (Å²) in [7, 11) is -3.66. The van der Waals surface area contributed by atoms with Crippen LogP contribution < -0.4 is 4.72 Å². The summed E-state index contributed by atoms with van der Waals surface area (Å²) in [4.78, 5) is 4.25. The number of aryl methyl sites for hydroxylation is 2. The highest BCUT2D eigenvalue weighted by atomic mass is 32.2. The van der Waals surface area contributed by atoms with E-state index in [-0.39, 0.29) is 4.90 Å². The van der Waals surface area contributed by atoms with Crippen molar-refractivity contribution in [3.8, 4) is 0 Å². The molecular formula is C17H15N2O2S. The summed E-state index contributed by atoms with van der Waals surface area (Å²) in [5.74, 6) is 0. The molecule has 4 nitrogen and oxygen atoms in total. The summed E-state index contributed by atoms with van der Waals surface area (Å²) in [6.45, 7) is 3.72. The summed E-state index contributed by atoms with van der Waals surface area (Å²) in [5.41, 5.74) is 2.19. The first-order chi connectivity index (χ1) is 10.5. The minimum Gasteiger partial charge on any atom is -0.277 e. The maximum Gasteiger partial charge on any atom is 0.262 e. The highest BCUT2D eigenvalue weighted by molar-refractivity contribution is 7.92. The van der Waals surface area contributed by atoms with Gasteiger partial charge in [-0.15, -0.1) is 0 Å². The van der Waals surface area contributed by atoms with E-state index in [1.54, 1.807) is 19.1 Å². The van der Waals surface area contributed by atoms with E-state index in [4.69, 9.17) is 0 Å². The molecule has 0 saturated carbocycles. The smallest absolute Gasteiger partial charge is 0.262 e. The maximum absolute atomic E-state index is 12.6. The van der Waals surface area contributed by atoms with Gasteiger partial charge in [-0.3, -0.25) is 9.71 Å². The summed E-state index contributed by atoms with van der Waals surface area (Å²) in [6, 6.07) is 12.7. The maximum atomic E-state index is 12.6. The lowest BCUT2D eigenvalue weighted by molar-refractivity contribution is 0.600. The minimum absolute atomic E-state index is 0.273. The van der Waals surface area contributed by atoms with Gasteiger partial charge in [0, 0.05) is 10.8 Å². The molecule has 1 heterocycles. The molecule has 0 amide bonds. The van der Waals surface area contributed by atoms with Gasteiger partial charge in [-0.1, -0.05) is 42.0 Å². The van der Waals surface area contributed by atoms with Crippen LogP contribution in [0.3, 0.4) is 0 Å². The monoisotopic (exact) mass is 311 g/mol. The van der Waals surface area contributed by atoms with Gasteiger partial charge >= 0.3 is 0 Å². The van der Waals surface area contributed by atoms with E-state index >= 15 is 0 Å². The van der Waals surface area contributed by atoms with Gasteiger partial charge in [0.05, 0.1) is 23.0 Å². The van der Waals surface area contributed by atoms with Gasteiger partial charge < -0.3 is 0 Å². The Labute approximate surface area is 129 Å². The fraction of sp³-hybridized carbons (Fsp3) is 0.118. The largest absolute Gasteiger partial charge is 0.277 e. The molecule has 5 heteroatoms. The molecule has 22 heavy (non-hydrogen) atoms. The molecule has 0 unspecified atom stereocenters. The van der Waals surface area contributed by atoms with Crippen molar-refractivity contribution in [3.05, 3.63) is 66.0 Å². The molecule has 1 radical (unpaired) electrons. The van der Waals surface area contributed by atoms with Crippen molar-refractivity contribution in [2.24, 2.45) is 0 Å². The van der Waals surface area contributed by atoms with E-state index < -0.39 is 10.0 Å². The van der Waals surface area contributed by atoms with Crippen LogP contribution in [0.25, 0.3) is 10.8 Å². The zero-order valence-electron chi connectivity index (χ0n) is 12.3. The highest BCUT2D eigenvalue weighted by Gasteiger charge is 2.18. The first kappa shape index (κ1) is 14.5. The average Bonchev–Trinajstić information content (AvgIpc) is 2.47. The highest BCUT2D eigenvalue weighted by Crippen LogP contribution is 2.25. The zero-order chi connectivity index (χ0) is 15.7. The van der Waals surface area contributed by atoms with Gasteiger partial charge in [-0.2, -0.15) is 0 Å². The number of aromatic nitrogens is 1. The minimum atomic E-state index is -3.66. The lowest BCUT2D eigenvalue weighted by atomic mass is 10.1. The number of anilines is 1. The van der Waals surface area contributed by atoms with Crippen LogP contribution in [0.4, 0.5) is 5.69 Å². The van der Waals surface area contributed by atoms with Crippen molar-refractivity contribution in [2.45, 2.75) is 18.7 Å². The molecule has 0 bridgehead atoms. The number of rotatable bonds is 3. The molecule has 1 N–H and O–H groups in total. The van der Waals surface area contributed by atoms with Gasteiger partial charge in [0.15, 0.2) is 0 Å². The molecule has 0 aliphatic rings. The topological polar surface area (TPSA) is 59.1 Å². The number of hydrogen-bond acceptors (Lipinski definition) is 3. The van der Waals surface area contributed by atoms with Gasteiger partial charge in [-0.25, -0.2) is 8.42 Å². The molecule has 0 atom stereocenters. The van der Waals surface area contributed by atoms with Crippen LogP contribution in [-0.2, 0) is 10.0 Å². The van der Waals surface area contributed by atoms with Gasteiger partial charge in [0.25, 0.3) is 10.0 Å². The van der Waals surface area contributed by atoms with Gasteiger partial charge in [0.1, 0.15) is 0 Å². The fourth-order valence-electron chi connectivity index (χ4n) is 2.43. The SMILES string of the molecule is Cc1ccc(S(=O)(=O)Nc2cn[c]c3ccccc23)c(C)c1. The van der Waals surface area contributed by atoms with Crippen molar-refractivity contribution < 1.29 is 8.42 Å². The average molecular weight is 311 g/mol. The summed E-state index contributed by atoms with van der Waals surface area (Å²) < 4.78 is 27.9. The van der Waals surface area contributed by atoms with Crippen LogP contribution in [0.2, 0.25) is 0 Å². The molecular weight excluding hydrogens is 296 g/mol. The third-order valence-corrected chi connectivity index (χ3v) is 4.99. The number of hydrogen-bond donors (Lipinski definition) is 1. The normalized spacial score (nSPS) is 11.5. The third-order valence-electron chi connectivity index (χ3n) is 3.46. The Morgan fingerprint density at radius 3 is 2.64 bits per heavy atom. The molecule has 1 aromatic heterocycles. The lowest BCUT2D eigenvalue weighted by Gasteiger charge is -2.12. The van der Waals surface area contributed by atoms with Crippen LogP contribution in [0.1, 0.15) is 11.1 Å². The Morgan fingerprint density at radius 2 is 1.86 bits per heavy atom. The van der Waals surface area contributed by atoms with Gasteiger partial charge in [-0.05, 0) is 25.5 Å². The lowest BCUT2D eigenvalue weighted by Crippen LogP contribution is -2.14. The van der Waals surface area contributed by atoms with E-state index in [0.29, 0.717) is 11.3 Å². The van der Waals surface area contributed by atoms with Gasteiger partial charge in [0.2, 0.25) is 0 Å². The molecule has 2 aromatic carbocycles. The molecule has 0 spiro atoms. The Hall–Kier alpha value is -2.40. The number of pyridine rings is 1. The first-order valence-corrected chi connectivity index (χ1v) is 8.31. The molecule has 3 aromatic rings. The Balaban J connectivity index is 2.07. The van der Waals surface area contributed by atoms with E-state index in [0.717, 1.165) is 16.3 Å². The molecule has 3 rings (SSSR count). The summed E-state index contributed by atoms with van der Waals surface area (Å²) in [6.07, 6.45) is 4.33. The quantitative estimate of drug-likeness (QED) is 0.806. The van der Waals surface area contributed by atoms with Crippen molar-refractivity contribution in [1.82, 2.24) is 4.98 Å². The second kappa shape index (κ2) is 5.42. The van der Waals surface area contributed by atoms with E-state index in [9.17, 15) is 8.42 Å². The van der Waals surface area contributed by atoms with Crippen LogP contribution in [0.5, 0.6) is 0 Å². The zero-order valence-corrected chi connectivity index (χ0v) is 13.1. The first-order valence-electron chi connectivity index (χ1n) is 6.83. The number of nitrogens with one attached hydrogen (secondary N) is 1. The second-order valence-electron chi connectivity index (χ2n) is 5.20. The number of fused-ring (bicyclic) bond motifs is 1. The summed E-state index contributed by atoms with van der Waals surface area (Å²) in [5, 5.41) is 1.54. The molecule has 0 fully saturated rings. The Kier molecular flexibility index (Phi) is 3.58. The second-order valence-corrected chi connectivity index (χ2v) is 6.85. The van der Waals surface area contributed by atoms with Crippen molar-refractivity contribution >= 4 is 26.5 Å². The number of sulfonamides is 1. The van der Waals surface area contributed by atoms with Crippen LogP contribution >= 0.6 is 0 Å². The Morgan fingerprint density at radius 1 is 1.09 bits per heavy atom. The van der Waals surface area contributed by atoms with Crippen LogP contribution in [0, 0.1) is 20.0 Å². The van der Waals surface area contributed by atoms with Crippen molar-refractivity contribution in [2.75, 3.05) is 4.72 Å². The third kappa shape index (κ3) is 2.67. The van der Waals surface area contributed by atoms with Crippen molar-refractivity contribution in [1.29, 1.82) is 0 Å². The molecule has 111 valence electrons. The van der Waals surface area contributed by atoms with E-state index in [1.165, 1.54) is 6.20 Å². The summed E-state index contributed by atoms with van der Waals surface area (Å²) >= 11 is 0. The van der Waals surface area contributed by atoms with E-state index in [2.05, 4.69) is 15.9 Å². The fourth-order valence-corrected chi connectivity index (χ4v) is 3.73. The molecule has 0 aliphatic carbocycles. The molecule has 0 saturated heterocycles. The molecule has 0 aliphatic heterocycles. The van der Waals surface area contributed by atoms with Crippen molar-refractivity contribution in [3.63, 3.8) is 0 Å². The Bertz CT molecular complexity index is 945. The predicted octanol–water partition coefficient (Wildman–Crippen LogP) is 3.45. The van der Waals surface area contributed by atoms with Crippen LogP contribution in [-0.4, -0.2) is 13.4 Å². The predicted molar refractivity (Wildman–Crippen MR) is 87.3 cm³/mol. The van der Waals surface area contributed by atoms with E-state index in [1.807, 2.05) is 37.3 Å².